The minimum absolute atomic E-state index is 1.09. The van der Waals surface area contributed by atoms with Crippen molar-refractivity contribution in [2.75, 3.05) is 38.1 Å². The standard InChI is InChI=1S/C17H19N2/c1-18-11-13-19(14-12-18)17-10-6-5-9-16(17)15-7-3-2-4-8-15/h2-8,10H,11-14H2,1H3. The molecule has 0 saturated carbocycles. The maximum Gasteiger partial charge on any atom is 0.0453 e. The molecule has 1 fully saturated rings. The molecule has 1 aliphatic heterocycles. The number of piperazine rings is 1. The molecule has 0 N–H and O–H groups in total. The van der Waals surface area contributed by atoms with Crippen molar-refractivity contribution in [3.8, 4) is 11.1 Å². The van der Waals surface area contributed by atoms with E-state index >= 15 is 0 Å². The molecule has 0 spiro atoms. The molecule has 0 aliphatic carbocycles. The van der Waals surface area contributed by atoms with Gasteiger partial charge in [-0.25, -0.2) is 0 Å². The molecule has 2 aromatic rings. The molecule has 2 heteroatoms. The highest BCUT2D eigenvalue weighted by atomic mass is 15.2. The molecule has 0 atom stereocenters. The molecule has 3 rings (SSSR count). The Bertz CT molecular complexity index is 528. The number of hydrogen-bond donors (Lipinski definition) is 0. The number of rotatable bonds is 2. The number of likely N-dealkylation sites (N-methyl/N-ethyl adjacent to an activating group) is 1. The van der Waals surface area contributed by atoms with E-state index in [0.717, 1.165) is 26.2 Å². The third kappa shape index (κ3) is 2.64. The van der Waals surface area contributed by atoms with Crippen LogP contribution in [0.2, 0.25) is 0 Å². The second-order valence-corrected chi connectivity index (χ2v) is 5.09. The summed E-state index contributed by atoms with van der Waals surface area (Å²) in [6.45, 7) is 4.44. The highest BCUT2D eigenvalue weighted by Gasteiger charge is 2.17. The topological polar surface area (TPSA) is 6.48 Å². The minimum atomic E-state index is 1.09. The lowest BCUT2D eigenvalue weighted by Crippen LogP contribution is -2.44. The second-order valence-electron chi connectivity index (χ2n) is 5.09. The zero-order valence-electron chi connectivity index (χ0n) is 11.3. The fourth-order valence-electron chi connectivity index (χ4n) is 2.57. The Labute approximate surface area is 115 Å². The second kappa shape index (κ2) is 5.45. The number of anilines is 1. The van der Waals surface area contributed by atoms with Gasteiger partial charge >= 0.3 is 0 Å². The van der Waals surface area contributed by atoms with Gasteiger partial charge in [0.1, 0.15) is 0 Å². The van der Waals surface area contributed by atoms with Gasteiger partial charge in [-0.1, -0.05) is 42.5 Å². The van der Waals surface area contributed by atoms with E-state index in [1.165, 1.54) is 16.8 Å². The lowest BCUT2D eigenvalue weighted by atomic mass is 10.0. The van der Waals surface area contributed by atoms with Gasteiger partial charge in [-0.05, 0) is 24.7 Å². The Hall–Kier alpha value is -1.80. The van der Waals surface area contributed by atoms with Crippen LogP contribution >= 0.6 is 0 Å². The number of nitrogens with zero attached hydrogens (tertiary/aromatic N) is 2. The van der Waals surface area contributed by atoms with E-state index in [0.29, 0.717) is 0 Å². The molecule has 2 aromatic carbocycles. The molecule has 0 aromatic heterocycles. The van der Waals surface area contributed by atoms with Gasteiger partial charge in [-0.15, -0.1) is 0 Å². The maximum absolute atomic E-state index is 3.41. The van der Waals surface area contributed by atoms with Gasteiger partial charge in [0.2, 0.25) is 0 Å². The molecule has 1 radical (unpaired) electrons. The van der Waals surface area contributed by atoms with E-state index in [2.05, 4.69) is 65.4 Å². The molecule has 19 heavy (non-hydrogen) atoms. The molecule has 0 bridgehead atoms. The van der Waals surface area contributed by atoms with E-state index < -0.39 is 0 Å². The Kier molecular flexibility index (Phi) is 3.51. The summed E-state index contributed by atoms with van der Waals surface area (Å²) >= 11 is 0. The van der Waals surface area contributed by atoms with E-state index in [9.17, 15) is 0 Å². The molecular weight excluding hydrogens is 232 g/mol. The summed E-state index contributed by atoms with van der Waals surface area (Å²) in [5.74, 6) is 0. The van der Waals surface area contributed by atoms with Crippen LogP contribution in [0.4, 0.5) is 5.69 Å². The molecule has 1 heterocycles. The smallest absolute Gasteiger partial charge is 0.0453 e. The Morgan fingerprint density at radius 2 is 1.63 bits per heavy atom. The van der Waals surface area contributed by atoms with Crippen LogP contribution in [0.15, 0.2) is 48.5 Å². The highest BCUT2D eigenvalue weighted by molar-refractivity contribution is 5.78. The van der Waals surface area contributed by atoms with Gasteiger partial charge < -0.3 is 9.80 Å². The van der Waals surface area contributed by atoms with E-state index in [1.54, 1.807) is 0 Å². The number of benzene rings is 2. The largest absolute Gasteiger partial charge is 0.368 e. The van der Waals surface area contributed by atoms with Gasteiger partial charge in [-0.3, -0.25) is 0 Å². The maximum atomic E-state index is 3.41. The first kappa shape index (κ1) is 12.2. The van der Waals surface area contributed by atoms with Crippen molar-refractivity contribution in [1.29, 1.82) is 0 Å². The fraction of sp³-hybridized carbons (Fsp3) is 0.294. The molecule has 97 valence electrons. The number of hydrogen-bond acceptors (Lipinski definition) is 2. The lowest BCUT2D eigenvalue weighted by molar-refractivity contribution is 0.313. The average molecular weight is 251 g/mol. The van der Waals surface area contributed by atoms with Gasteiger partial charge in [0.15, 0.2) is 0 Å². The Morgan fingerprint density at radius 3 is 2.37 bits per heavy atom. The summed E-state index contributed by atoms with van der Waals surface area (Å²) in [7, 11) is 2.19. The Balaban J connectivity index is 1.94. The van der Waals surface area contributed by atoms with Crippen molar-refractivity contribution in [2.24, 2.45) is 0 Å². The zero-order valence-corrected chi connectivity index (χ0v) is 11.3. The van der Waals surface area contributed by atoms with Crippen molar-refractivity contribution < 1.29 is 0 Å². The van der Waals surface area contributed by atoms with Gasteiger partial charge in [0, 0.05) is 37.4 Å². The SMILES string of the molecule is CN1CCN(c2ccc[c]c2-c2ccccc2)CC1. The van der Waals surface area contributed by atoms with Crippen LogP contribution in [0, 0.1) is 6.07 Å². The van der Waals surface area contributed by atoms with Crippen molar-refractivity contribution in [3.05, 3.63) is 54.6 Å². The summed E-state index contributed by atoms with van der Waals surface area (Å²) in [6, 6.07) is 20.3. The fourth-order valence-corrected chi connectivity index (χ4v) is 2.57. The first-order valence-corrected chi connectivity index (χ1v) is 6.84. The summed E-state index contributed by atoms with van der Waals surface area (Å²) in [4.78, 5) is 4.85. The molecule has 1 saturated heterocycles. The van der Waals surface area contributed by atoms with Crippen LogP contribution in [0.5, 0.6) is 0 Å². The quantitative estimate of drug-likeness (QED) is 0.809. The molecular formula is C17H19N2. The monoisotopic (exact) mass is 251 g/mol. The molecule has 1 aliphatic rings. The van der Waals surface area contributed by atoms with Gasteiger partial charge in [0.25, 0.3) is 0 Å². The van der Waals surface area contributed by atoms with Crippen LogP contribution in [0.3, 0.4) is 0 Å². The summed E-state index contributed by atoms with van der Waals surface area (Å²) in [5, 5.41) is 0. The third-order valence-corrected chi connectivity index (χ3v) is 3.74. The average Bonchev–Trinajstić information content (AvgIpc) is 2.49. The zero-order chi connectivity index (χ0) is 13.1. The summed E-state index contributed by atoms with van der Waals surface area (Å²) in [6.07, 6.45) is 0. The van der Waals surface area contributed by atoms with E-state index in [1.807, 2.05) is 6.07 Å². The van der Waals surface area contributed by atoms with Crippen LogP contribution in [0.25, 0.3) is 11.1 Å². The van der Waals surface area contributed by atoms with Crippen molar-refractivity contribution in [1.82, 2.24) is 4.90 Å². The van der Waals surface area contributed by atoms with Crippen LogP contribution in [0.1, 0.15) is 0 Å². The lowest BCUT2D eigenvalue weighted by Gasteiger charge is -2.35. The summed E-state index contributed by atoms with van der Waals surface area (Å²) < 4.78 is 0. The van der Waals surface area contributed by atoms with Gasteiger partial charge in [0.05, 0.1) is 0 Å². The van der Waals surface area contributed by atoms with Crippen LogP contribution < -0.4 is 4.90 Å². The first-order valence-electron chi connectivity index (χ1n) is 6.84. The molecule has 0 amide bonds. The normalized spacial score (nSPS) is 16.6. The van der Waals surface area contributed by atoms with E-state index in [4.69, 9.17) is 0 Å². The first-order chi connectivity index (χ1) is 9.34. The Morgan fingerprint density at radius 1 is 0.895 bits per heavy atom. The van der Waals surface area contributed by atoms with Crippen molar-refractivity contribution >= 4 is 5.69 Å². The third-order valence-electron chi connectivity index (χ3n) is 3.74. The van der Waals surface area contributed by atoms with Gasteiger partial charge in [-0.2, -0.15) is 0 Å². The van der Waals surface area contributed by atoms with Crippen molar-refractivity contribution in [2.45, 2.75) is 0 Å². The molecule has 2 nitrogen and oxygen atoms in total. The van der Waals surface area contributed by atoms with Crippen LogP contribution in [-0.4, -0.2) is 38.1 Å². The van der Waals surface area contributed by atoms with Crippen LogP contribution in [-0.2, 0) is 0 Å². The van der Waals surface area contributed by atoms with E-state index in [-0.39, 0.29) is 0 Å². The van der Waals surface area contributed by atoms with Crippen molar-refractivity contribution in [3.63, 3.8) is 0 Å². The minimum Gasteiger partial charge on any atom is -0.368 e. The molecule has 0 unspecified atom stereocenters. The predicted molar refractivity (Wildman–Crippen MR) is 80.4 cm³/mol. The predicted octanol–water partition coefficient (Wildman–Crippen LogP) is 2.91. The highest BCUT2D eigenvalue weighted by Crippen LogP contribution is 2.30. The summed E-state index contributed by atoms with van der Waals surface area (Å²) in [5.41, 5.74) is 3.77.